The number of benzene rings is 1. The van der Waals surface area contributed by atoms with Crippen LogP contribution in [0.2, 0.25) is 0 Å². The van der Waals surface area contributed by atoms with E-state index in [0.29, 0.717) is 0 Å². The number of anilines is 1. The Kier molecular flexibility index (Phi) is 3.33. The van der Waals surface area contributed by atoms with Crippen LogP contribution in [-0.4, -0.2) is 15.2 Å². The molecule has 5 heteroatoms. The van der Waals surface area contributed by atoms with Gasteiger partial charge in [0.2, 0.25) is 0 Å². The summed E-state index contributed by atoms with van der Waals surface area (Å²) in [5, 5.41) is 8.70. The molecule has 0 unspecified atom stereocenters. The van der Waals surface area contributed by atoms with Gasteiger partial charge < -0.3 is 5.32 Å². The summed E-state index contributed by atoms with van der Waals surface area (Å²) in [6.45, 7) is 0.753. The molecule has 0 aliphatic rings. The first-order valence-electron chi connectivity index (χ1n) is 6.32. The molecule has 3 rings (SSSR count). The molecule has 0 bridgehead atoms. The number of hydrogen-bond donors (Lipinski definition) is 3. The van der Waals surface area contributed by atoms with E-state index in [1.165, 1.54) is 5.56 Å². The summed E-state index contributed by atoms with van der Waals surface area (Å²) in [4.78, 5) is 15.1. The van der Waals surface area contributed by atoms with Gasteiger partial charge >= 0.3 is 0 Å². The van der Waals surface area contributed by atoms with Crippen LogP contribution < -0.4 is 10.9 Å². The number of aromatic amines is 2. The summed E-state index contributed by atoms with van der Waals surface area (Å²) in [6.07, 6.45) is 3.56. The molecule has 0 saturated heterocycles. The van der Waals surface area contributed by atoms with Crippen molar-refractivity contribution in [1.29, 1.82) is 0 Å². The van der Waals surface area contributed by atoms with E-state index in [-0.39, 0.29) is 5.56 Å². The second kappa shape index (κ2) is 5.44. The minimum absolute atomic E-state index is 0.125. The summed E-state index contributed by atoms with van der Waals surface area (Å²) >= 11 is 0. The van der Waals surface area contributed by atoms with Gasteiger partial charge in [0.05, 0.1) is 5.69 Å². The molecule has 3 N–H and O–H groups in total. The van der Waals surface area contributed by atoms with E-state index in [9.17, 15) is 4.79 Å². The standard InChI is InChI=1S/C15H14N4O/c20-15-9-14(18-19-15)12-1-3-13(4-2-12)17-10-11-5-7-16-8-6-11/h1-9,17H,10H2,(H2,18,19,20). The molecular formula is C15H14N4O. The fraction of sp³-hybridized carbons (Fsp3) is 0.0667. The summed E-state index contributed by atoms with van der Waals surface area (Å²) in [6, 6.07) is 13.4. The van der Waals surface area contributed by atoms with E-state index in [2.05, 4.69) is 20.5 Å². The Bertz CT molecular complexity index is 728. The largest absolute Gasteiger partial charge is 0.381 e. The molecule has 3 aromatic rings. The molecule has 0 radical (unpaired) electrons. The van der Waals surface area contributed by atoms with Crippen molar-refractivity contribution < 1.29 is 0 Å². The van der Waals surface area contributed by atoms with Crippen molar-refractivity contribution in [3.63, 3.8) is 0 Å². The third-order valence-corrected chi connectivity index (χ3v) is 3.04. The van der Waals surface area contributed by atoms with Gasteiger partial charge in [-0.15, -0.1) is 0 Å². The Labute approximate surface area is 115 Å². The van der Waals surface area contributed by atoms with Crippen molar-refractivity contribution in [2.75, 3.05) is 5.32 Å². The van der Waals surface area contributed by atoms with Crippen molar-refractivity contribution in [1.82, 2.24) is 15.2 Å². The summed E-state index contributed by atoms with van der Waals surface area (Å²) in [5.74, 6) is 0. The zero-order valence-electron chi connectivity index (χ0n) is 10.8. The Morgan fingerprint density at radius 3 is 2.40 bits per heavy atom. The topological polar surface area (TPSA) is 73.6 Å². The Balaban J connectivity index is 1.69. The highest BCUT2D eigenvalue weighted by atomic mass is 16.1. The highest BCUT2D eigenvalue weighted by molar-refractivity contribution is 5.62. The first-order valence-corrected chi connectivity index (χ1v) is 6.32. The maximum absolute atomic E-state index is 11.1. The fourth-order valence-corrected chi connectivity index (χ4v) is 1.96. The predicted molar refractivity (Wildman–Crippen MR) is 78.4 cm³/mol. The number of hydrogen-bond acceptors (Lipinski definition) is 3. The quantitative estimate of drug-likeness (QED) is 0.678. The number of aromatic nitrogens is 3. The van der Waals surface area contributed by atoms with Gasteiger partial charge in [-0.25, -0.2) is 0 Å². The zero-order chi connectivity index (χ0) is 13.8. The lowest BCUT2D eigenvalue weighted by Crippen LogP contribution is -1.99. The monoisotopic (exact) mass is 266 g/mol. The van der Waals surface area contributed by atoms with Crippen molar-refractivity contribution in [2.24, 2.45) is 0 Å². The lowest BCUT2D eigenvalue weighted by atomic mass is 10.1. The Hall–Kier alpha value is -2.82. The van der Waals surface area contributed by atoms with E-state index in [1.807, 2.05) is 36.4 Å². The third kappa shape index (κ3) is 2.77. The summed E-state index contributed by atoms with van der Waals surface area (Å²) < 4.78 is 0. The number of rotatable bonds is 4. The van der Waals surface area contributed by atoms with Crippen LogP contribution in [0.25, 0.3) is 11.3 Å². The first-order chi connectivity index (χ1) is 9.81. The minimum Gasteiger partial charge on any atom is -0.381 e. The predicted octanol–water partition coefficient (Wildman–Crippen LogP) is 2.38. The van der Waals surface area contributed by atoms with Crippen molar-refractivity contribution in [3.8, 4) is 11.3 Å². The van der Waals surface area contributed by atoms with Crippen LogP contribution in [0.4, 0.5) is 5.69 Å². The van der Waals surface area contributed by atoms with E-state index in [4.69, 9.17) is 0 Å². The van der Waals surface area contributed by atoms with Gasteiger partial charge in [0.15, 0.2) is 0 Å². The molecular weight excluding hydrogens is 252 g/mol. The van der Waals surface area contributed by atoms with Gasteiger partial charge in [0, 0.05) is 30.7 Å². The van der Waals surface area contributed by atoms with Crippen LogP contribution in [0.1, 0.15) is 5.56 Å². The molecule has 0 atom stereocenters. The second-order valence-electron chi connectivity index (χ2n) is 4.46. The molecule has 1 aromatic carbocycles. The molecule has 20 heavy (non-hydrogen) atoms. The molecule has 0 spiro atoms. The van der Waals surface area contributed by atoms with Crippen LogP contribution in [0.15, 0.2) is 59.7 Å². The van der Waals surface area contributed by atoms with Gasteiger partial charge in [0.1, 0.15) is 0 Å². The maximum atomic E-state index is 11.1. The number of pyridine rings is 1. The van der Waals surface area contributed by atoms with Gasteiger partial charge in [-0.1, -0.05) is 12.1 Å². The average molecular weight is 266 g/mol. The van der Waals surface area contributed by atoms with Crippen LogP contribution in [-0.2, 0) is 6.54 Å². The maximum Gasteiger partial charge on any atom is 0.264 e. The normalized spacial score (nSPS) is 10.4. The smallest absolute Gasteiger partial charge is 0.264 e. The highest BCUT2D eigenvalue weighted by Gasteiger charge is 2.00. The molecule has 2 heterocycles. The SMILES string of the molecule is O=c1cc(-c2ccc(NCc3ccncc3)cc2)[nH][nH]1. The molecule has 100 valence electrons. The van der Waals surface area contributed by atoms with Gasteiger partial charge in [0.25, 0.3) is 5.56 Å². The molecule has 0 amide bonds. The Morgan fingerprint density at radius 1 is 1.00 bits per heavy atom. The first kappa shape index (κ1) is 12.2. The Morgan fingerprint density at radius 2 is 1.75 bits per heavy atom. The molecule has 0 aliphatic heterocycles. The van der Waals surface area contributed by atoms with Gasteiger partial charge in [-0.05, 0) is 35.4 Å². The molecule has 2 aromatic heterocycles. The van der Waals surface area contributed by atoms with Crippen molar-refractivity contribution >= 4 is 5.69 Å². The van der Waals surface area contributed by atoms with E-state index >= 15 is 0 Å². The fourth-order valence-electron chi connectivity index (χ4n) is 1.96. The molecule has 5 nitrogen and oxygen atoms in total. The van der Waals surface area contributed by atoms with Gasteiger partial charge in [-0.2, -0.15) is 0 Å². The van der Waals surface area contributed by atoms with Crippen LogP contribution in [0.5, 0.6) is 0 Å². The van der Waals surface area contributed by atoms with E-state index < -0.39 is 0 Å². The average Bonchev–Trinajstić information content (AvgIpc) is 2.93. The van der Waals surface area contributed by atoms with E-state index in [0.717, 1.165) is 23.5 Å². The molecule has 0 fully saturated rings. The lowest BCUT2D eigenvalue weighted by molar-refractivity contribution is 1.06. The van der Waals surface area contributed by atoms with Crippen molar-refractivity contribution in [2.45, 2.75) is 6.54 Å². The van der Waals surface area contributed by atoms with Crippen LogP contribution in [0, 0.1) is 0 Å². The van der Waals surface area contributed by atoms with Crippen LogP contribution >= 0.6 is 0 Å². The van der Waals surface area contributed by atoms with Gasteiger partial charge in [-0.3, -0.25) is 20.0 Å². The second-order valence-corrected chi connectivity index (χ2v) is 4.46. The number of nitrogens with one attached hydrogen (secondary N) is 3. The number of nitrogens with zero attached hydrogens (tertiary/aromatic N) is 1. The zero-order valence-corrected chi connectivity index (χ0v) is 10.8. The summed E-state index contributed by atoms with van der Waals surface area (Å²) in [5.41, 5.74) is 3.84. The molecule has 0 aliphatic carbocycles. The number of H-pyrrole nitrogens is 2. The van der Waals surface area contributed by atoms with Crippen LogP contribution in [0.3, 0.4) is 0 Å². The minimum atomic E-state index is -0.125. The van der Waals surface area contributed by atoms with E-state index in [1.54, 1.807) is 18.5 Å². The molecule has 0 saturated carbocycles. The highest BCUT2D eigenvalue weighted by Crippen LogP contribution is 2.18. The lowest BCUT2D eigenvalue weighted by Gasteiger charge is -2.07. The third-order valence-electron chi connectivity index (χ3n) is 3.04. The summed E-state index contributed by atoms with van der Waals surface area (Å²) in [7, 11) is 0. The van der Waals surface area contributed by atoms with Crippen molar-refractivity contribution in [3.05, 3.63) is 70.8 Å².